The van der Waals surface area contributed by atoms with Gasteiger partial charge in [0.05, 0.1) is 24.1 Å². The summed E-state index contributed by atoms with van der Waals surface area (Å²) in [6.07, 6.45) is 3.42. The molecule has 1 unspecified atom stereocenters. The van der Waals surface area contributed by atoms with Gasteiger partial charge in [0.2, 0.25) is 11.8 Å². The summed E-state index contributed by atoms with van der Waals surface area (Å²) >= 11 is 1.03. The van der Waals surface area contributed by atoms with Crippen molar-refractivity contribution in [2.75, 3.05) is 11.5 Å². The quantitative estimate of drug-likeness (QED) is 0.624. The molecule has 4 rings (SSSR count). The van der Waals surface area contributed by atoms with Crippen LogP contribution in [0.2, 0.25) is 0 Å². The number of unbranched alkanes of at least 4 members (excludes halogenated alkanes) is 1. The predicted molar refractivity (Wildman–Crippen MR) is 121 cm³/mol. The summed E-state index contributed by atoms with van der Waals surface area (Å²) in [4.78, 5) is 38.5. The van der Waals surface area contributed by atoms with Crippen molar-refractivity contribution in [2.24, 2.45) is 0 Å². The first-order valence-electron chi connectivity index (χ1n) is 10.7. The van der Waals surface area contributed by atoms with Crippen molar-refractivity contribution in [3.8, 4) is 5.75 Å². The molecule has 2 aromatic carbocycles. The van der Waals surface area contributed by atoms with Gasteiger partial charge in [-0.3, -0.25) is 19.7 Å². The van der Waals surface area contributed by atoms with E-state index in [0.29, 0.717) is 38.2 Å². The van der Waals surface area contributed by atoms with Gasteiger partial charge in [-0.05, 0) is 42.0 Å². The fraction of sp³-hybridized carbons (Fsp3) is 0.375. The molecule has 1 atom stereocenters. The molecule has 6 nitrogen and oxygen atoms in total. The van der Waals surface area contributed by atoms with Gasteiger partial charge >= 0.3 is 0 Å². The Labute approximate surface area is 186 Å². The molecule has 3 amide bonds. The largest absolute Gasteiger partial charge is 0.491 e. The van der Waals surface area contributed by atoms with Gasteiger partial charge in [-0.25, -0.2) is 0 Å². The number of benzene rings is 2. The summed E-state index contributed by atoms with van der Waals surface area (Å²) < 4.78 is 6.09. The second-order valence-electron chi connectivity index (χ2n) is 7.80. The highest BCUT2D eigenvalue weighted by molar-refractivity contribution is 8.15. The molecule has 7 heteroatoms. The minimum atomic E-state index is -0.441. The Balaban J connectivity index is 1.70. The van der Waals surface area contributed by atoms with Crippen molar-refractivity contribution in [1.82, 2.24) is 5.32 Å². The number of thioether (sulfide) groups is 1. The van der Waals surface area contributed by atoms with Crippen molar-refractivity contribution < 1.29 is 19.1 Å². The van der Waals surface area contributed by atoms with E-state index < -0.39 is 5.25 Å². The summed E-state index contributed by atoms with van der Waals surface area (Å²) in [6.45, 7) is 3.17. The Bertz CT molecular complexity index is 993. The third kappa shape index (κ3) is 4.77. The molecule has 2 aliphatic rings. The van der Waals surface area contributed by atoms with Gasteiger partial charge in [0.25, 0.3) is 5.24 Å². The molecule has 1 fully saturated rings. The van der Waals surface area contributed by atoms with Crippen molar-refractivity contribution in [3.63, 3.8) is 0 Å². The van der Waals surface area contributed by atoms with E-state index >= 15 is 0 Å². The number of ether oxygens (including phenoxy) is 1. The minimum Gasteiger partial charge on any atom is -0.491 e. The number of hydrogen-bond donors (Lipinski definition) is 1. The van der Waals surface area contributed by atoms with Crippen LogP contribution in [0.5, 0.6) is 5.75 Å². The van der Waals surface area contributed by atoms with E-state index in [1.807, 2.05) is 47.4 Å². The maximum absolute atomic E-state index is 13.0. The Hall–Kier alpha value is -2.80. The van der Waals surface area contributed by atoms with Crippen molar-refractivity contribution >= 4 is 34.5 Å². The fourth-order valence-electron chi connectivity index (χ4n) is 4.02. The lowest BCUT2D eigenvalue weighted by Gasteiger charge is -2.33. The Kier molecular flexibility index (Phi) is 6.61. The highest BCUT2D eigenvalue weighted by Crippen LogP contribution is 2.41. The number of carbonyl (C=O) groups is 3. The topological polar surface area (TPSA) is 75.7 Å². The summed E-state index contributed by atoms with van der Waals surface area (Å²) in [7, 11) is 0. The SMILES string of the molecule is CCCCOc1ccc(CC2SC(=O)NC2=O)c2c1N(Cc1ccccc1)C(=O)CC2. The molecule has 0 radical (unpaired) electrons. The third-order valence-electron chi connectivity index (χ3n) is 5.61. The van der Waals surface area contributed by atoms with Gasteiger partial charge in [0.15, 0.2) is 0 Å². The molecule has 162 valence electrons. The molecule has 0 aromatic heterocycles. The van der Waals surface area contributed by atoms with Gasteiger partial charge in [-0.15, -0.1) is 0 Å². The van der Waals surface area contributed by atoms with Crippen LogP contribution in [0.1, 0.15) is 42.9 Å². The number of nitrogens with zero attached hydrogens (tertiary/aromatic N) is 1. The first-order chi connectivity index (χ1) is 15.1. The van der Waals surface area contributed by atoms with Crippen LogP contribution < -0.4 is 15.0 Å². The summed E-state index contributed by atoms with van der Waals surface area (Å²) in [6, 6.07) is 13.8. The number of anilines is 1. The fourth-order valence-corrected chi connectivity index (χ4v) is 4.86. The Morgan fingerprint density at radius 3 is 2.61 bits per heavy atom. The molecule has 0 spiro atoms. The van der Waals surface area contributed by atoms with E-state index in [-0.39, 0.29) is 17.1 Å². The second-order valence-corrected chi connectivity index (χ2v) is 8.98. The molecule has 2 aromatic rings. The Morgan fingerprint density at radius 2 is 1.90 bits per heavy atom. The van der Waals surface area contributed by atoms with Gasteiger partial charge in [0, 0.05) is 6.42 Å². The number of nitrogens with one attached hydrogen (secondary N) is 1. The standard InChI is InChI=1S/C24H26N2O4S/c1-2-3-13-30-19-11-9-17(14-20-23(28)25-24(29)31-20)18-10-12-21(27)26(22(18)19)15-16-7-5-4-6-8-16/h4-9,11,20H,2-3,10,12-15H2,1H3,(H,25,28,29). The van der Waals surface area contributed by atoms with Crippen LogP contribution in [0.25, 0.3) is 0 Å². The monoisotopic (exact) mass is 438 g/mol. The lowest BCUT2D eigenvalue weighted by atomic mass is 9.92. The average molecular weight is 439 g/mol. The zero-order valence-corrected chi connectivity index (χ0v) is 18.4. The highest BCUT2D eigenvalue weighted by Gasteiger charge is 2.35. The molecule has 2 aliphatic heterocycles. The van der Waals surface area contributed by atoms with E-state index in [2.05, 4.69) is 12.2 Å². The van der Waals surface area contributed by atoms with Gasteiger partial charge < -0.3 is 9.64 Å². The maximum atomic E-state index is 13.0. The molecule has 1 saturated heterocycles. The summed E-state index contributed by atoms with van der Waals surface area (Å²) in [5, 5.41) is 1.61. The van der Waals surface area contributed by atoms with Crippen LogP contribution in [0, 0.1) is 0 Å². The zero-order chi connectivity index (χ0) is 21.8. The number of hydrogen-bond acceptors (Lipinski definition) is 5. The number of rotatable bonds is 8. The number of amides is 3. The van der Waals surface area contributed by atoms with Gasteiger partial charge in [-0.2, -0.15) is 0 Å². The first kappa shape index (κ1) is 21.4. The molecule has 31 heavy (non-hydrogen) atoms. The lowest BCUT2D eigenvalue weighted by Crippen LogP contribution is -2.36. The number of carbonyl (C=O) groups excluding carboxylic acids is 3. The normalized spacial score (nSPS) is 18.2. The molecular weight excluding hydrogens is 412 g/mol. The van der Waals surface area contributed by atoms with Crippen molar-refractivity contribution in [2.45, 2.75) is 50.8 Å². The Morgan fingerprint density at radius 1 is 1.10 bits per heavy atom. The van der Waals surface area contributed by atoms with Crippen molar-refractivity contribution in [1.29, 1.82) is 0 Å². The van der Waals surface area contributed by atoms with Gasteiger partial charge in [-0.1, -0.05) is 61.5 Å². The van der Waals surface area contributed by atoms with E-state index in [9.17, 15) is 14.4 Å². The third-order valence-corrected chi connectivity index (χ3v) is 6.60. The van der Waals surface area contributed by atoms with E-state index in [4.69, 9.17) is 4.74 Å². The van der Waals surface area contributed by atoms with Gasteiger partial charge in [0.1, 0.15) is 5.75 Å². The van der Waals surface area contributed by atoms with Crippen molar-refractivity contribution in [3.05, 3.63) is 59.2 Å². The highest BCUT2D eigenvalue weighted by atomic mass is 32.2. The van der Waals surface area contributed by atoms with E-state index in [0.717, 1.165) is 47.0 Å². The molecule has 2 heterocycles. The van der Waals surface area contributed by atoms with Crippen LogP contribution in [-0.2, 0) is 29.0 Å². The first-order valence-corrected chi connectivity index (χ1v) is 11.6. The van der Waals surface area contributed by atoms with Crippen LogP contribution in [0.15, 0.2) is 42.5 Å². The molecule has 1 N–H and O–H groups in total. The van der Waals surface area contributed by atoms with Crippen LogP contribution >= 0.6 is 11.8 Å². The maximum Gasteiger partial charge on any atom is 0.286 e. The average Bonchev–Trinajstić information content (AvgIpc) is 3.08. The molecule has 0 saturated carbocycles. The van der Waals surface area contributed by atoms with Crippen LogP contribution in [0.3, 0.4) is 0 Å². The number of imide groups is 1. The zero-order valence-electron chi connectivity index (χ0n) is 17.6. The molecule has 0 bridgehead atoms. The van der Waals surface area contributed by atoms with E-state index in [1.54, 1.807) is 0 Å². The summed E-state index contributed by atoms with van der Waals surface area (Å²) in [5.41, 5.74) is 3.89. The van der Waals surface area contributed by atoms with E-state index in [1.165, 1.54) is 0 Å². The number of fused-ring (bicyclic) bond motifs is 1. The molecular formula is C24H26N2O4S. The predicted octanol–water partition coefficient (Wildman–Crippen LogP) is 4.24. The van der Waals surface area contributed by atoms with Crippen LogP contribution in [0.4, 0.5) is 10.5 Å². The smallest absolute Gasteiger partial charge is 0.286 e. The van der Waals surface area contributed by atoms with Crippen LogP contribution in [-0.4, -0.2) is 28.9 Å². The lowest BCUT2D eigenvalue weighted by molar-refractivity contribution is -0.119. The molecule has 0 aliphatic carbocycles. The second kappa shape index (κ2) is 9.56. The minimum absolute atomic E-state index is 0.0667. The summed E-state index contributed by atoms with van der Waals surface area (Å²) in [5.74, 6) is 0.521.